The van der Waals surface area contributed by atoms with Crippen molar-refractivity contribution in [2.45, 2.75) is 32.4 Å². The fourth-order valence-corrected chi connectivity index (χ4v) is 1.21. The number of nitrogens with zero attached hydrogens (tertiary/aromatic N) is 1. The van der Waals surface area contributed by atoms with Gasteiger partial charge in [0, 0.05) is 6.07 Å². The largest absolute Gasteiger partial charge is 0.479 e. The van der Waals surface area contributed by atoms with Crippen LogP contribution in [0.15, 0.2) is 10.6 Å². The van der Waals surface area contributed by atoms with Crippen molar-refractivity contribution < 1.29 is 33.9 Å². The maximum Gasteiger partial charge on any atom is 0.408 e. The zero-order valence-corrected chi connectivity index (χ0v) is 11.0. The third kappa shape index (κ3) is 4.26. The third-order valence-electron chi connectivity index (χ3n) is 1.94. The molecule has 0 aliphatic rings. The summed E-state index contributed by atoms with van der Waals surface area (Å²) in [7, 11) is 0. The first kappa shape index (κ1) is 15.5. The number of carboxylic acid groups (broad SMARTS) is 2. The molecule has 0 aliphatic carbocycles. The molecule has 0 fully saturated rings. The van der Waals surface area contributed by atoms with Gasteiger partial charge < -0.3 is 24.8 Å². The number of rotatable bonds is 4. The third-order valence-corrected chi connectivity index (χ3v) is 1.94. The van der Waals surface area contributed by atoms with Crippen molar-refractivity contribution in [3.8, 4) is 0 Å². The fourth-order valence-electron chi connectivity index (χ4n) is 1.21. The van der Waals surface area contributed by atoms with Gasteiger partial charge in [0.05, 0.1) is 0 Å². The van der Waals surface area contributed by atoms with E-state index in [-0.39, 0.29) is 5.69 Å². The summed E-state index contributed by atoms with van der Waals surface area (Å²) in [5.41, 5.74) is -1.05. The van der Waals surface area contributed by atoms with Crippen LogP contribution in [0.25, 0.3) is 0 Å². The minimum atomic E-state index is -1.57. The molecule has 1 aromatic rings. The predicted molar refractivity (Wildman–Crippen MR) is 63.2 cm³/mol. The summed E-state index contributed by atoms with van der Waals surface area (Å²) in [6.07, 6.45) is -0.968. The zero-order valence-electron chi connectivity index (χ0n) is 11.0. The Balaban J connectivity index is 2.86. The summed E-state index contributed by atoms with van der Waals surface area (Å²) >= 11 is 0. The Morgan fingerprint density at radius 1 is 1.35 bits per heavy atom. The van der Waals surface area contributed by atoms with E-state index in [0.29, 0.717) is 0 Å². The van der Waals surface area contributed by atoms with Gasteiger partial charge in [0.15, 0.2) is 6.04 Å². The Hall–Kier alpha value is -2.58. The van der Waals surface area contributed by atoms with Crippen molar-refractivity contribution in [2.24, 2.45) is 0 Å². The first-order valence-electron chi connectivity index (χ1n) is 5.52. The lowest BCUT2D eigenvalue weighted by molar-refractivity contribution is -0.139. The maximum atomic E-state index is 11.5. The first-order chi connectivity index (χ1) is 9.10. The van der Waals surface area contributed by atoms with E-state index >= 15 is 0 Å². The van der Waals surface area contributed by atoms with Crippen LogP contribution in [0.5, 0.6) is 0 Å². The summed E-state index contributed by atoms with van der Waals surface area (Å²) in [5.74, 6) is -3.36. The fraction of sp³-hybridized carbons (Fsp3) is 0.455. The van der Waals surface area contributed by atoms with Crippen molar-refractivity contribution in [1.82, 2.24) is 10.5 Å². The number of carbonyl (C=O) groups is 3. The number of hydrogen-bond acceptors (Lipinski definition) is 6. The van der Waals surface area contributed by atoms with Crippen LogP contribution in [0.2, 0.25) is 0 Å². The van der Waals surface area contributed by atoms with E-state index in [4.69, 9.17) is 14.9 Å². The molecule has 1 heterocycles. The van der Waals surface area contributed by atoms with Crippen molar-refractivity contribution in [2.75, 3.05) is 0 Å². The molecule has 0 unspecified atom stereocenters. The molecule has 20 heavy (non-hydrogen) atoms. The lowest BCUT2D eigenvalue weighted by atomic mass is 10.2. The van der Waals surface area contributed by atoms with Gasteiger partial charge in [-0.3, -0.25) is 0 Å². The van der Waals surface area contributed by atoms with Gasteiger partial charge in [-0.15, -0.1) is 0 Å². The number of aromatic carboxylic acids is 1. The molecule has 0 bridgehead atoms. The summed E-state index contributed by atoms with van der Waals surface area (Å²) in [6, 6.07) is -0.653. The van der Waals surface area contributed by atoms with Gasteiger partial charge in [0.2, 0.25) is 5.76 Å². The van der Waals surface area contributed by atoms with Gasteiger partial charge in [0.1, 0.15) is 11.3 Å². The minimum absolute atomic E-state index is 0.249. The second kappa shape index (κ2) is 5.59. The van der Waals surface area contributed by atoms with Gasteiger partial charge in [-0.1, -0.05) is 5.16 Å². The molecule has 1 rings (SSSR count). The minimum Gasteiger partial charge on any atom is -0.479 e. The van der Waals surface area contributed by atoms with Crippen molar-refractivity contribution in [3.05, 3.63) is 17.5 Å². The number of carboxylic acids is 2. The average molecular weight is 286 g/mol. The summed E-state index contributed by atoms with van der Waals surface area (Å²) in [6.45, 7) is 4.84. The Kier molecular flexibility index (Phi) is 4.33. The Morgan fingerprint density at radius 3 is 2.35 bits per heavy atom. The van der Waals surface area contributed by atoms with Gasteiger partial charge >= 0.3 is 18.0 Å². The topological polar surface area (TPSA) is 139 Å². The molecule has 3 N–H and O–H groups in total. The van der Waals surface area contributed by atoms with Crippen LogP contribution in [0.4, 0.5) is 4.79 Å². The van der Waals surface area contributed by atoms with Gasteiger partial charge in [-0.2, -0.15) is 0 Å². The van der Waals surface area contributed by atoms with E-state index in [1.807, 2.05) is 0 Å². The van der Waals surface area contributed by atoms with E-state index < -0.39 is 35.4 Å². The van der Waals surface area contributed by atoms with Crippen molar-refractivity contribution in [1.29, 1.82) is 0 Å². The number of carbonyl (C=O) groups excluding carboxylic acids is 1. The standard InChI is InChI=1S/C11H14N2O7/c1-11(2,3)19-10(18)12-7(9(16)17)5-4-6(8(14)15)20-13-5/h4,7H,1-3H3,(H,12,18)(H,14,15)(H,16,17)/t7-/m1/s1. The number of alkyl carbamates (subject to hydrolysis) is 1. The normalized spacial score (nSPS) is 12.6. The molecule has 0 saturated carbocycles. The maximum absolute atomic E-state index is 11.5. The summed E-state index contributed by atoms with van der Waals surface area (Å²) in [4.78, 5) is 33.2. The Labute approximate surface area is 113 Å². The molecule has 9 nitrogen and oxygen atoms in total. The highest BCUT2D eigenvalue weighted by atomic mass is 16.6. The number of ether oxygens (including phenoxy) is 1. The lowest BCUT2D eigenvalue weighted by Gasteiger charge is -2.21. The molecule has 0 aromatic carbocycles. The Morgan fingerprint density at radius 2 is 1.95 bits per heavy atom. The molecular weight excluding hydrogens is 272 g/mol. The van der Waals surface area contributed by atoms with Crippen LogP contribution >= 0.6 is 0 Å². The number of aromatic nitrogens is 1. The van der Waals surface area contributed by atoms with Crippen LogP contribution in [-0.4, -0.2) is 39.0 Å². The summed E-state index contributed by atoms with van der Waals surface area (Å²) < 4.78 is 9.34. The van der Waals surface area contributed by atoms with Crippen LogP contribution in [0.1, 0.15) is 43.1 Å². The highest BCUT2D eigenvalue weighted by molar-refractivity contribution is 5.85. The second-order valence-corrected chi connectivity index (χ2v) is 4.84. The zero-order chi connectivity index (χ0) is 15.5. The van der Waals surface area contributed by atoms with Crippen LogP contribution < -0.4 is 5.32 Å². The number of hydrogen-bond donors (Lipinski definition) is 3. The SMILES string of the molecule is CC(C)(C)OC(=O)N[C@@H](C(=O)O)c1cc(C(=O)O)on1. The molecule has 1 aromatic heterocycles. The van der Waals surface area contributed by atoms with Gasteiger partial charge in [0.25, 0.3) is 0 Å². The molecular formula is C11H14N2O7. The highest BCUT2D eigenvalue weighted by Gasteiger charge is 2.29. The molecule has 0 saturated heterocycles. The van der Waals surface area contributed by atoms with E-state index in [9.17, 15) is 14.4 Å². The van der Waals surface area contributed by atoms with Crippen molar-refractivity contribution >= 4 is 18.0 Å². The molecule has 1 amide bonds. The highest BCUT2D eigenvalue weighted by Crippen LogP contribution is 2.15. The number of nitrogens with one attached hydrogen (secondary N) is 1. The lowest BCUT2D eigenvalue weighted by Crippen LogP contribution is -2.38. The van der Waals surface area contributed by atoms with Crippen LogP contribution in [0, 0.1) is 0 Å². The monoisotopic (exact) mass is 286 g/mol. The van der Waals surface area contributed by atoms with E-state index in [0.717, 1.165) is 6.07 Å². The number of amides is 1. The average Bonchev–Trinajstić information content (AvgIpc) is 2.71. The van der Waals surface area contributed by atoms with Gasteiger partial charge in [-0.05, 0) is 20.8 Å². The van der Waals surface area contributed by atoms with Gasteiger partial charge in [-0.25, -0.2) is 14.4 Å². The molecule has 0 aliphatic heterocycles. The quantitative estimate of drug-likeness (QED) is 0.745. The molecule has 1 atom stereocenters. The smallest absolute Gasteiger partial charge is 0.408 e. The first-order valence-corrected chi connectivity index (χ1v) is 5.52. The van der Waals surface area contributed by atoms with Crippen molar-refractivity contribution in [3.63, 3.8) is 0 Å². The molecule has 0 radical (unpaired) electrons. The number of aliphatic carboxylic acids is 1. The second-order valence-electron chi connectivity index (χ2n) is 4.84. The molecule has 9 heteroatoms. The van der Waals surface area contributed by atoms with Crippen LogP contribution in [-0.2, 0) is 9.53 Å². The van der Waals surface area contributed by atoms with E-state index in [2.05, 4.69) is 15.0 Å². The predicted octanol–water partition coefficient (Wildman–Crippen LogP) is 1.02. The Bertz CT molecular complexity index is 529. The van der Waals surface area contributed by atoms with Crippen LogP contribution in [0.3, 0.4) is 0 Å². The van der Waals surface area contributed by atoms with E-state index in [1.54, 1.807) is 20.8 Å². The molecule has 110 valence electrons. The summed E-state index contributed by atoms with van der Waals surface area (Å²) in [5, 5.41) is 23.0. The molecule has 0 spiro atoms. The van der Waals surface area contributed by atoms with E-state index in [1.165, 1.54) is 0 Å².